The first-order valence-electron chi connectivity index (χ1n) is 6.80. The Hall–Kier alpha value is -1.69. The molecule has 0 aromatic heterocycles. The first-order valence-corrected chi connectivity index (χ1v) is 6.80. The molecule has 1 aromatic rings. The summed E-state index contributed by atoms with van der Waals surface area (Å²) in [6, 6.07) is 3.64. The molecule has 0 heterocycles. The molecule has 1 aromatic carbocycles. The second-order valence-electron chi connectivity index (χ2n) is 5.35. The third-order valence-corrected chi connectivity index (χ3v) is 3.51. The van der Waals surface area contributed by atoms with E-state index in [0.29, 0.717) is 12.1 Å². The molecule has 0 N–H and O–H groups in total. The molecule has 0 saturated carbocycles. The topological polar surface area (TPSA) is 0 Å². The third-order valence-electron chi connectivity index (χ3n) is 3.51. The summed E-state index contributed by atoms with van der Waals surface area (Å²) in [5, 5.41) is 0. The molecule has 0 saturated heterocycles. The lowest BCUT2D eigenvalue weighted by Crippen LogP contribution is -2.67. The Morgan fingerprint density at radius 3 is 1.41 bits per heavy atom. The first-order chi connectivity index (χ1) is 12.0. The van der Waals surface area contributed by atoms with Crippen molar-refractivity contribution in [1.29, 1.82) is 0 Å². The van der Waals surface area contributed by atoms with Crippen molar-refractivity contribution >= 4 is 0 Å². The molecule has 13 heteroatoms. The molecule has 27 heavy (non-hydrogen) atoms. The molecule has 1 rings (SSSR count). The van der Waals surface area contributed by atoms with Crippen LogP contribution in [0.4, 0.5) is 57.1 Å². The van der Waals surface area contributed by atoms with Crippen molar-refractivity contribution in [3.05, 3.63) is 35.9 Å². The number of hydrogen-bond acceptors (Lipinski definition) is 0. The zero-order valence-electron chi connectivity index (χ0n) is 12.6. The molecule has 0 aliphatic carbocycles. The summed E-state index contributed by atoms with van der Waals surface area (Å²) >= 11 is 0. The van der Waals surface area contributed by atoms with Gasteiger partial charge in [-0.2, -0.15) is 35.1 Å². The van der Waals surface area contributed by atoms with E-state index in [9.17, 15) is 57.1 Å². The lowest BCUT2D eigenvalue weighted by Gasteiger charge is -2.39. The lowest BCUT2D eigenvalue weighted by molar-refractivity contribution is -0.387. The van der Waals surface area contributed by atoms with Gasteiger partial charge < -0.3 is 0 Å². The van der Waals surface area contributed by atoms with Crippen LogP contribution in [0.3, 0.4) is 0 Å². The zero-order chi connectivity index (χ0) is 21.4. The summed E-state index contributed by atoms with van der Waals surface area (Å²) in [5.41, 5.74) is -1.31. The van der Waals surface area contributed by atoms with Gasteiger partial charge in [0.15, 0.2) is 12.3 Å². The lowest BCUT2D eigenvalue weighted by atomic mass is 9.90. The third kappa shape index (κ3) is 3.68. The summed E-state index contributed by atoms with van der Waals surface area (Å²) in [7, 11) is 0. The Morgan fingerprint density at radius 1 is 0.593 bits per heavy atom. The van der Waals surface area contributed by atoms with Crippen LogP contribution in [0.2, 0.25) is 0 Å². The van der Waals surface area contributed by atoms with Gasteiger partial charge >= 0.3 is 23.7 Å². The smallest absolute Gasteiger partial charge is 0.238 e. The van der Waals surface area contributed by atoms with Crippen molar-refractivity contribution in [2.24, 2.45) is 0 Å². The monoisotopic (exact) mass is 424 g/mol. The second-order valence-corrected chi connectivity index (χ2v) is 5.35. The van der Waals surface area contributed by atoms with Crippen LogP contribution in [0.25, 0.3) is 0 Å². The molecule has 0 aliphatic rings. The quantitative estimate of drug-likeness (QED) is 0.438. The van der Waals surface area contributed by atoms with Crippen LogP contribution in [0.5, 0.6) is 0 Å². The van der Waals surface area contributed by atoms with Crippen LogP contribution in [0.15, 0.2) is 30.3 Å². The fraction of sp³-hybridized carbons (Fsp3) is 0.571. The molecule has 0 nitrogen and oxygen atoms in total. The number of hydrogen-bond donors (Lipinski definition) is 0. The highest BCUT2D eigenvalue weighted by Crippen LogP contribution is 2.58. The maximum absolute atomic E-state index is 13.7. The summed E-state index contributed by atoms with van der Waals surface area (Å²) in [6.45, 7) is 0. The van der Waals surface area contributed by atoms with Gasteiger partial charge in [-0.3, -0.25) is 0 Å². The minimum Gasteiger partial charge on any atom is -0.238 e. The average molecular weight is 424 g/mol. The predicted octanol–water partition coefficient (Wildman–Crippen LogP) is 6.18. The fourth-order valence-electron chi connectivity index (χ4n) is 1.91. The summed E-state index contributed by atoms with van der Waals surface area (Å²) < 4.78 is 171. The Labute approximate surface area is 143 Å². The Kier molecular flexibility index (Phi) is 6.38. The van der Waals surface area contributed by atoms with Gasteiger partial charge in [-0.1, -0.05) is 30.3 Å². The van der Waals surface area contributed by atoms with Crippen molar-refractivity contribution in [3.8, 4) is 0 Å². The van der Waals surface area contributed by atoms with Gasteiger partial charge in [0, 0.05) is 0 Å². The van der Waals surface area contributed by atoms with Crippen LogP contribution in [0, 0.1) is 0 Å². The maximum Gasteiger partial charge on any atom is 0.381 e. The standard InChI is InChI=1S/C14H9F13/c15-7(10(18)19)9(17)12(22,23)14(26,27)13(24,25)11(20,21)8(16)6-4-2-1-3-5-6/h1-5,7-10H. The fourth-order valence-corrected chi connectivity index (χ4v) is 1.91. The van der Waals surface area contributed by atoms with Gasteiger partial charge in [-0.05, 0) is 5.56 Å². The van der Waals surface area contributed by atoms with Crippen LogP contribution in [-0.2, 0) is 0 Å². The SMILES string of the molecule is FC(F)C(F)C(F)C(F)(F)C(F)(F)C(F)(F)C(F)(F)C(F)c1ccccc1. The highest BCUT2D eigenvalue weighted by molar-refractivity contribution is 5.22. The van der Waals surface area contributed by atoms with E-state index in [1.807, 2.05) is 0 Å². The summed E-state index contributed by atoms with van der Waals surface area (Å²) in [6.07, 6.45) is -18.9. The Balaban J connectivity index is 3.36. The predicted molar refractivity (Wildman–Crippen MR) is 65.9 cm³/mol. The van der Waals surface area contributed by atoms with Gasteiger partial charge in [-0.25, -0.2) is 22.0 Å². The van der Waals surface area contributed by atoms with Crippen molar-refractivity contribution in [2.45, 2.75) is 48.6 Å². The molecule has 0 fully saturated rings. The molecular weight excluding hydrogens is 415 g/mol. The zero-order valence-corrected chi connectivity index (χ0v) is 12.6. The Bertz CT molecular complexity index is 613. The normalized spacial score (nSPS) is 17.7. The van der Waals surface area contributed by atoms with E-state index in [4.69, 9.17) is 0 Å². The number of rotatable bonds is 8. The van der Waals surface area contributed by atoms with Gasteiger partial charge in [0.25, 0.3) is 6.43 Å². The second kappa shape index (κ2) is 7.38. The summed E-state index contributed by atoms with van der Waals surface area (Å²) in [4.78, 5) is 0. The van der Waals surface area contributed by atoms with Crippen LogP contribution >= 0.6 is 0 Å². The largest absolute Gasteiger partial charge is 0.381 e. The van der Waals surface area contributed by atoms with E-state index in [1.165, 1.54) is 0 Å². The molecule has 3 unspecified atom stereocenters. The van der Waals surface area contributed by atoms with Crippen molar-refractivity contribution < 1.29 is 57.1 Å². The minimum absolute atomic E-state index is 0.442. The van der Waals surface area contributed by atoms with E-state index in [0.717, 1.165) is 18.2 Å². The van der Waals surface area contributed by atoms with E-state index < -0.39 is 54.2 Å². The Morgan fingerprint density at radius 2 is 1.00 bits per heavy atom. The van der Waals surface area contributed by atoms with Gasteiger partial charge in [-0.15, -0.1) is 0 Å². The van der Waals surface area contributed by atoms with E-state index >= 15 is 0 Å². The number of alkyl halides is 13. The van der Waals surface area contributed by atoms with Crippen LogP contribution < -0.4 is 0 Å². The van der Waals surface area contributed by atoms with Crippen LogP contribution in [-0.4, -0.2) is 42.5 Å². The van der Waals surface area contributed by atoms with Crippen molar-refractivity contribution in [2.75, 3.05) is 0 Å². The molecule has 0 amide bonds. The first kappa shape index (κ1) is 23.3. The molecule has 0 bridgehead atoms. The summed E-state index contributed by atoms with van der Waals surface area (Å²) in [5.74, 6) is -28.3. The van der Waals surface area contributed by atoms with Crippen molar-refractivity contribution in [1.82, 2.24) is 0 Å². The van der Waals surface area contributed by atoms with E-state index in [2.05, 4.69) is 0 Å². The van der Waals surface area contributed by atoms with E-state index in [-0.39, 0.29) is 0 Å². The molecular formula is C14H9F13. The molecule has 0 radical (unpaired) electrons. The maximum atomic E-state index is 13.7. The van der Waals surface area contributed by atoms with Gasteiger partial charge in [0.2, 0.25) is 6.17 Å². The molecule has 0 spiro atoms. The van der Waals surface area contributed by atoms with Crippen molar-refractivity contribution in [3.63, 3.8) is 0 Å². The van der Waals surface area contributed by atoms with Gasteiger partial charge in [0.1, 0.15) is 0 Å². The van der Waals surface area contributed by atoms with Crippen LogP contribution in [0.1, 0.15) is 11.7 Å². The highest BCUT2D eigenvalue weighted by Gasteiger charge is 2.84. The average Bonchev–Trinajstić information content (AvgIpc) is 2.59. The van der Waals surface area contributed by atoms with E-state index in [1.54, 1.807) is 0 Å². The number of benzene rings is 1. The minimum atomic E-state index is -7.43. The molecule has 156 valence electrons. The van der Waals surface area contributed by atoms with Gasteiger partial charge in [0.05, 0.1) is 0 Å². The highest BCUT2D eigenvalue weighted by atomic mass is 19.4. The molecule has 3 atom stereocenters. The number of halogens is 13. The molecule has 0 aliphatic heterocycles.